The van der Waals surface area contributed by atoms with Gasteiger partial charge in [0, 0.05) is 25.7 Å². The minimum Gasteiger partial charge on any atom is -0.354 e. The fraction of sp³-hybridized carbons (Fsp3) is 0.333. The van der Waals surface area contributed by atoms with E-state index in [1.165, 1.54) is 4.68 Å². The summed E-state index contributed by atoms with van der Waals surface area (Å²) in [5.41, 5.74) is 0.328. The van der Waals surface area contributed by atoms with Crippen molar-refractivity contribution >= 4 is 17.5 Å². The van der Waals surface area contributed by atoms with E-state index < -0.39 is 0 Å². The van der Waals surface area contributed by atoms with Crippen molar-refractivity contribution in [3.8, 4) is 5.82 Å². The molecule has 0 unspecified atom stereocenters. The van der Waals surface area contributed by atoms with Crippen LogP contribution in [0.15, 0.2) is 18.3 Å². The van der Waals surface area contributed by atoms with Crippen molar-refractivity contribution in [2.24, 2.45) is 0 Å². The van der Waals surface area contributed by atoms with E-state index in [0.29, 0.717) is 22.5 Å². The fourth-order valence-electron chi connectivity index (χ4n) is 1.61. The van der Waals surface area contributed by atoms with Gasteiger partial charge in [0.05, 0.1) is 0 Å². The van der Waals surface area contributed by atoms with Crippen LogP contribution in [0.25, 0.3) is 5.82 Å². The zero-order valence-electron chi connectivity index (χ0n) is 10.7. The molecule has 0 aliphatic carbocycles. The normalized spacial score (nSPS) is 10.5. The zero-order valence-corrected chi connectivity index (χ0v) is 11.5. The van der Waals surface area contributed by atoms with Gasteiger partial charge in [-0.15, -0.1) is 0 Å². The Balaban J connectivity index is 2.35. The first-order chi connectivity index (χ1) is 9.13. The van der Waals surface area contributed by atoms with Gasteiger partial charge in [-0.25, -0.2) is 14.6 Å². The van der Waals surface area contributed by atoms with Crippen LogP contribution in [-0.4, -0.2) is 32.7 Å². The van der Waals surface area contributed by atoms with E-state index >= 15 is 0 Å². The smallest absolute Gasteiger partial charge is 0.271 e. The third-order valence-corrected chi connectivity index (χ3v) is 2.68. The minimum atomic E-state index is -0.243. The predicted octanol–water partition coefficient (Wildman–Crippen LogP) is 1.63. The molecule has 0 aliphatic heterocycles. The third-order valence-electron chi connectivity index (χ3n) is 2.48. The van der Waals surface area contributed by atoms with Crippen molar-refractivity contribution in [3.63, 3.8) is 0 Å². The second-order valence-corrected chi connectivity index (χ2v) is 4.33. The van der Waals surface area contributed by atoms with Gasteiger partial charge in [-0.1, -0.05) is 18.5 Å². The average Bonchev–Trinajstić information content (AvgIpc) is 2.87. The van der Waals surface area contributed by atoms with Crippen molar-refractivity contribution in [2.45, 2.75) is 19.8 Å². The quantitative estimate of drug-likeness (QED) is 0.864. The van der Waals surface area contributed by atoms with Gasteiger partial charge in [0.1, 0.15) is 11.0 Å². The Bertz CT molecular complexity index is 596. The maximum absolute atomic E-state index is 11.4. The van der Waals surface area contributed by atoms with Crippen LogP contribution in [0.3, 0.4) is 0 Å². The molecule has 2 aromatic rings. The molecular weight excluding hydrogens is 266 g/mol. The molecule has 19 heavy (non-hydrogen) atoms. The molecule has 1 amide bonds. The summed E-state index contributed by atoms with van der Waals surface area (Å²) in [4.78, 5) is 20.0. The number of nitrogens with one attached hydrogen (secondary N) is 1. The number of carbonyl (C=O) groups excluding carboxylic acids is 1. The molecule has 6 nitrogen and oxygen atoms in total. The highest BCUT2D eigenvalue weighted by molar-refractivity contribution is 6.29. The number of hydrogen-bond donors (Lipinski definition) is 1. The molecule has 0 radical (unpaired) electrons. The SMILES string of the molecule is CCCc1nc(Cl)cc(-n2ccc(C(=O)NC)n2)n1. The van der Waals surface area contributed by atoms with Crippen LogP contribution in [0.5, 0.6) is 0 Å². The van der Waals surface area contributed by atoms with E-state index in [4.69, 9.17) is 11.6 Å². The van der Waals surface area contributed by atoms with Crippen LogP contribution >= 0.6 is 11.6 Å². The highest BCUT2D eigenvalue weighted by atomic mass is 35.5. The van der Waals surface area contributed by atoms with Gasteiger partial charge in [-0.3, -0.25) is 4.79 Å². The lowest BCUT2D eigenvalue weighted by Gasteiger charge is -2.04. The highest BCUT2D eigenvalue weighted by Gasteiger charge is 2.10. The molecule has 0 aromatic carbocycles. The second-order valence-electron chi connectivity index (χ2n) is 3.94. The van der Waals surface area contributed by atoms with Gasteiger partial charge >= 0.3 is 0 Å². The molecule has 0 fully saturated rings. The maximum Gasteiger partial charge on any atom is 0.271 e. The largest absolute Gasteiger partial charge is 0.354 e. The molecule has 2 heterocycles. The van der Waals surface area contributed by atoms with E-state index in [1.807, 2.05) is 6.92 Å². The van der Waals surface area contributed by atoms with Gasteiger partial charge in [0.2, 0.25) is 0 Å². The van der Waals surface area contributed by atoms with Crippen LogP contribution in [-0.2, 0) is 6.42 Å². The number of halogens is 1. The van der Waals surface area contributed by atoms with Gasteiger partial charge in [-0.2, -0.15) is 5.10 Å². The lowest BCUT2D eigenvalue weighted by Crippen LogP contribution is -2.18. The van der Waals surface area contributed by atoms with E-state index in [2.05, 4.69) is 20.4 Å². The summed E-state index contributed by atoms with van der Waals surface area (Å²) in [6, 6.07) is 3.23. The van der Waals surface area contributed by atoms with Crippen molar-refractivity contribution < 1.29 is 4.79 Å². The fourth-order valence-corrected chi connectivity index (χ4v) is 1.80. The summed E-state index contributed by atoms with van der Waals surface area (Å²) in [6.45, 7) is 2.04. The van der Waals surface area contributed by atoms with Crippen molar-refractivity contribution in [1.29, 1.82) is 0 Å². The lowest BCUT2D eigenvalue weighted by atomic mass is 10.3. The summed E-state index contributed by atoms with van der Waals surface area (Å²) in [5.74, 6) is 0.980. The Labute approximate surface area is 115 Å². The summed E-state index contributed by atoms with van der Waals surface area (Å²) < 4.78 is 1.51. The topological polar surface area (TPSA) is 72.7 Å². The molecule has 1 N–H and O–H groups in total. The molecule has 0 spiro atoms. The van der Waals surface area contributed by atoms with E-state index in [1.54, 1.807) is 25.4 Å². The maximum atomic E-state index is 11.4. The Morgan fingerprint density at radius 2 is 2.26 bits per heavy atom. The minimum absolute atomic E-state index is 0.243. The summed E-state index contributed by atoms with van der Waals surface area (Å²) in [7, 11) is 1.56. The number of rotatable bonds is 4. The van der Waals surface area contributed by atoms with E-state index in [-0.39, 0.29) is 5.91 Å². The van der Waals surface area contributed by atoms with Gasteiger partial charge in [0.25, 0.3) is 5.91 Å². The average molecular weight is 280 g/mol. The first-order valence-electron chi connectivity index (χ1n) is 5.95. The molecule has 2 aromatic heterocycles. The van der Waals surface area contributed by atoms with E-state index in [9.17, 15) is 4.79 Å². The summed E-state index contributed by atoms with van der Waals surface area (Å²) in [5, 5.41) is 7.03. The number of hydrogen-bond acceptors (Lipinski definition) is 4. The molecule has 100 valence electrons. The first kappa shape index (κ1) is 13.5. The van der Waals surface area contributed by atoms with Gasteiger partial charge in [0.15, 0.2) is 11.5 Å². The number of aryl methyl sites for hydroxylation is 1. The highest BCUT2D eigenvalue weighted by Crippen LogP contribution is 2.12. The Morgan fingerprint density at radius 3 is 2.95 bits per heavy atom. The monoisotopic (exact) mass is 279 g/mol. The summed E-state index contributed by atoms with van der Waals surface area (Å²) >= 11 is 5.96. The lowest BCUT2D eigenvalue weighted by molar-refractivity contribution is 0.0957. The Kier molecular flexibility index (Phi) is 4.11. The molecule has 0 saturated heterocycles. The molecular formula is C12H14ClN5O. The van der Waals surface area contributed by atoms with Crippen LogP contribution in [0.1, 0.15) is 29.7 Å². The Hall–Kier alpha value is -1.95. The number of carbonyl (C=O) groups is 1. The van der Waals surface area contributed by atoms with Crippen molar-refractivity contribution in [3.05, 3.63) is 35.0 Å². The zero-order chi connectivity index (χ0) is 13.8. The molecule has 7 heteroatoms. The van der Waals surface area contributed by atoms with Crippen LogP contribution in [0, 0.1) is 0 Å². The molecule has 0 saturated carbocycles. The third kappa shape index (κ3) is 3.08. The standard InChI is InChI=1S/C12H14ClN5O/c1-3-4-10-15-9(13)7-11(16-10)18-6-5-8(17-18)12(19)14-2/h5-7H,3-4H2,1-2H3,(H,14,19). The van der Waals surface area contributed by atoms with Gasteiger partial charge in [-0.05, 0) is 12.5 Å². The summed E-state index contributed by atoms with van der Waals surface area (Å²) in [6.07, 6.45) is 3.35. The predicted molar refractivity (Wildman–Crippen MR) is 71.5 cm³/mol. The van der Waals surface area contributed by atoms with Crippen LogP contribution in [0.4, 0.5) is 0 Å². The molecule has 0 aliphatic rings. The molecule has 0 atom stereocenters. The van der Waals surface area contributed by atoms with Crippen LogP contribution < -0.4 is 5.32 Å². The number of nitrogens with zero attached hydrogens (tertiary/aromatic N) is 4. The Morgan fingerprint density at radius 1 is 1.47 bits per heavy atom. The molecule has 2 rings (SSSR count). The van der Waals surface area contributed by atoms with Crippen molar-refractivity contribution in [1.82, 2.24) is 25.1 Å². The second kappa shape index (κ2) is 5.79. The van der Waals surface area contributed by atoms with Crippen LogP contribution in [0.2, 0.25) is 5.15 Å². The van der Waals surface area contributed by atoms with Crippen molar-refractivity contribution in [2.75, 3.05) is 7.05 Å². The number of aromatic nitrogens is 4. The van der Waals surface area contributed by atoms with E-state index in [0.717, 1.165) is 12.8 Å². The molecule has 0 bridgehead atoms. The number of amides is 1. The first-order valence-corrected chi connectivity index (χ1v) is 6.33. The van der Waals surface area contributed by atoms with Gasteiger partial charge < -0.3 is 5.32 Å².